The zero-order valence-electron chi connectivity index (χ0n) is 16.9. The molecule has 0 radical (unpaired) electrons. The van der Waals surface area contributed by atoms with E-state index in [9.17, 15) is 9.59 Å². The Hall–Kier alpha value is -3.39. The summed E-state index contributed by atoms with van der Waals surface area (Å²) in [5.74, 6) is 0.102. The number of halogens is 1. The first-order valence-electron chi connectivity index (χ1n) is 9.56. The third-order valence-electron chi connectivity index (χ3n) is 5.04. The van der Waals surface area contributed by atoms with Crippen LogP contribution in [0.4, 0.5) is 0 Å². The van der Waals surface area contributed by atoms with Crippen LogP contribution in [0.3, 0.4) is 0 Å². The Morgan fingerprint density at radius 3 is 2.67 bits per heavy atom. The number of hydrogen-bond donors (Lipinski definition) is 2. The highest BCUT2D eigenvalue weighted by Gasteiger charge is 2.15. The van der Waals surface area contributed by atoms with Crippen molar-refractivity contribution in [1.82, 2.24) is 29.7 Å². The quantitative estimate of drug-likeness (QED) is 0.514. The highest BCUT2D eigenvalue weighted by atomic mass is 35.5. The topological polar surface area (TPSA) is 97.1 Å². The molecule has 2 N–H and O–H groups in total. The van der Waals surface area contributed by atoms with Gasteiger partial charge in [-0.15, -0.1) is 5.10 Å². The molecule has 9 heteroatoms. The number of aromatic nitrogens is 5. The van der Waals surface area contributed by atoms with Crippen LogP contribution in [-0.4, -0.2) is 30.3 Å². The molecule has 0 spiro atoms. The van der Waals surface area contributed by atoms with Gasteiger partial charge in [0, 0.05) is 24.5 Å². The van der Waals surface area contributed by atoms with Crippen molar-refractivity contribution in [3.63, 3.8) is 0 Å². The first kappa shape index (κ1) is 19.9. The molecule has 3 heterocycles. The second-order valence-corrected chi connectivity index (χ2v) is 7.53. The molecule has 0 saturated carbocycles. The van der Waals surface area contributed by atoms with E-state index in [0.29, 0.717) is 34.2 Å². The van der Waals surface area contributed by atoms with Crippen LogP contribution < -0.4 is 10.9 Å². The van der Waals surface area contributed by atoms with E-state index in [4.69, 9.17) is 11.6 Å². The number of carbonyl (C=O) groups excluding carboxylic acids is 1. The van der Waals surface area contributed by atoms with Gasteiger partial charge in [0.15, 0.2) is 5.82 Å². The average Bonchev–Trinajstić information content (AvgIpc) is 3.32. The van der Waals surface area contributed by atoms with Crippen molar-refractivity contribution >= 4 is 23.0 Å². The van der Waals surface area contributed by atoms with Crippen LogP contribution in [0.15, 0.2) is 41.5 Å². The van der Waals surface area contributed by atoms with Crippen LogP contribution in [0.2, 0.25) is 5.02 Å². The van der Waals surface area contributed by atoms with Crippen LogP contribution in [-0.2, 0) is 13.1 Å². The number of rotatable bonds is 5. The standard InChI is InChI=1S/C21H21ClN6O2/c1-4-27-11-16(22)17(25-27)9-23-20(29)15-8-18-21(30)24-19(26-28(18)10-15)14-6-5-12(2)13(3)7-14/h5-8,10-11H,4,9H2,1-3H3,(H,23,29)(H,24,26,30). The number of nitrogens with one attached hydrogen (secondary N) is 2. The van der Waals surface area contributed by atoms with Gasteiger partial charge in [-0.1, -0.05) is 23.7 Å². The van der Waals surface area contributed by atoms with Crippen molar-refractivity contribution in [2.45, 2.75) is 33.9 Å². The summed E-state index contributed by atoms with van der Waals surface area (Å²) in [6, 6.07) is 7.37. The van der Waals surface area contributed by atoms with Crippen LogP contribution in [0.1, 0.15) is 34.1 Å². The van der Waals surface area contributed by atoms with E-state index in [1.165, 1.54) is 16.8 Å². The summed E-state index contributed by atoms with van der Waals surface area (Å²) in [7, 11) is 0. The molecule has 154 valence electrons. The third kappa shape index (κ3) is 3.73. The van der Waals surface area contributed by atoms with Gasteiger partial charge in [-0.05, 0) is 44.0 Å². The maximum atomic E-state index is 12.6. The fourth-order valence-corrected chi connectivity index (χ4v) is 3.35. The molecule has 0 unspecified atom stereocenters. The molecule has 0 aliphatic rings. The summed E-state index contributed by atoms with van der Waals surface area (Å²) in [6.45, 7) is 6.86. The normalized spacial score (nSPS) is 11.2. The second kappa shape index (κ2) is 7.79. The van der Waals surface area contributed by atoms with Crippen molar-refractivity contribution in [1.29, 1.82) is 0 Å². The average molecular weight is 425 g/mol. The maximum absolute atomic E-state index is 12.6. The molecule has 0 fully saturated rings. The number of H-pyrrole nitrogens is 1. The Balaban J connectivity index is 1.60. The van der Waals surface area contributed by atoms with Gasteiger partial charge in [0.05, 0.1) is 17.1 Å². The summed E-state index contributed by atoms with van der Waals surface area (Å²) in [5, 5.41) is 12.1. The summed E-state index contributed by atoms with van der Waals surface area (Å²) in [6.07, 6.45) is 3.25. The van der Waals surface area contributed by atoms with Crippen LogP contribution in [0.25, 0.3) is 16.9 Å². The Morgan fingerprint density at radius 2 is 1.97 bits per heavy atom. The van der Waals surface area contributed by atoms with E-state index in [1.807, 2.05) is 39.0 Å². The lowest BCUT2D eigenvalue weighted by molar-refractivity contribution is 0.0950. The van der Waals surface area contributed by atoms with Gasteiger partial charge in [0.2, 0.25) is 0 Å². The van der Waals surface area contributed by atoms with Gasteiger partial charge in [-0.2, -0.15) is 5.10 Å². The summed E-state index contributed by atoms with van der Waals surface area (Å²) >= 11 is 6.14. The van der Waals surface area contributed by atoms with Gasteiger partial charge < -0.3 is 10.3 Å². The predicted molar refractivity (Wildman–Crippen MR) is 115 cm³/mol. The highest BCUT2D eigenvalue weighted by Crippen LogP contribution is 2.18. The zero-order chi connectivity index (χ0) is 21.4. The lowest BCUT2D eigenvalue weighted by Crippen LogP contribution is -2.22. The van der Waals surface area contributed by atoms with Crippen molar-refractivity contribution < 1.29 is 4.79 Å². The molecular formula is C21H21ClN6O2. The first-order valence-corrected chi connectivity index (χ1v) is 9.94. The largest absolute Gasteiger partial charge is 0.346 e. The Bertz CT molecular complexity index is 1320. The molecule has 3 aromatic heterocycles. The number of hydrogen-bond acceptors (Lipinski definition) is 4. The molecule has 8 nitrogen and oxygen atoms in total. The SMILES string of the molecule is CCn1cc(Cl)c(CNC(=O)c2cc3c(=O)[nH]c(-c4ccc(C)c(C)c4)nn3c2)n1. The third-order valence-corrected chi connectivity index (χ3v) is 5.36. The lowest BCUT2D eigenvalue weighted by atomic mass is 10.1. The smallest absolute Gasteiger partial charge is 0.275 e. The maximum Gasteiger partial charge on any atom is 0.275 e. The van der Waals surface area contributed by atoms with Gasteiger partial charge in [-0.25, -0.2) is 4.52 Å². The number of nitrogens with zero attached hydrogens (tertiary/aromatic N) is 4. The number of benzene rings is 1. The number of carbonyl (C=O) groups is 1. The molecule has 0 saturated heterocycles. The predicted octanol–water partition coefficient (Wildman–Crippen LogP) is 3.11. The van der Waals surface area contributed by atoms with Gasteiger partial charge >= 0.3 is 0 Å². The molecule has 1 amide bonds. The number of aryl methyl sites for hydroxylation is 3. The van der Waals surface area contributed by atoms with Crippen LogP contribution >= 0.6 is 11.6 Å². The van der Waals surface area contributed by atoms with Gasteiger partial charge in [0.25, 0.3) is 11.5 Å². The fraction of sp³-hybridized carbons (Fsp3) is 0.238. The van der Waals surface area contributed by atoms with E-state index in [0.717, 1.165) is 16.7 Å². The van der Waals surface area contributed by atoms with E-state index < -0.39 is 0 Å². The molecular weight excluding hydrogens is 404 g/mol. The molecule has 0 bridgehead atoms. The summed E-state index contributed by atoms with van der Waals surface area (Å²) in [4.78, 5) is 27.9. The van der Waals surface area contributed by atoms with Gasteiger partial charge in [-0.3, -0.25) is 14.3 Å². The second-order valence-electron chi connectivity index (χ2n) is 7.12. The van der Waals surface area contributed by atoms with Crippen molar-refractivity contribution in [2.24, 2.45) is 0 Å². The Labute approximate surface area is 177 Å². The number of fused-ring (bicyclic) bond motifs is 1. The Morgan fingerprint density at radius 1 is 1.17 bits per heavy atom. The fourth-order valence-electron chi connectivity index (χ4n) is 3.14. The molecule has 4 rings (SSSR count). The lowest BCUT2D eigenvalue weighted by Gasteiger charge is -2.05. The van der Waals surface area contributed by atoms with Crippen molar-refractivity contribution in [3.05, 3.63) is 74.4 Å². The Kier molecular flexibility index (Phi) is 5.17. The summed E-state index contributed by atoms with van der Waals surface area (Å²) < 4.78 is 3.13. The molecule has 0 aliphatic carbocycles. The highest BCUT2D eigenvalue weighted by molar-refractivity contribution is 6.31. The van der Waals surface area contributed by atoms with E-state index in [2.05, 4.69) is 20.5 Å². The molecule has 4 aromatic rings. The van der Waals surface area contributed by atoms with E-state index in [-0.39, 0.29) is 18.0 Å². The van der Waals surface area contributed by atoms with Crippen LogP contribution in [0, 0.1) is 13.8 Å². The molecule has 1 aromatic carbocycles. The number of amides is 1. The van der Waals surface area contributed by atoms with Crippen molar-refractivity contribution in [3.8, 4) is 11.4 Å². The minimum Gasteiger partial charge on any atom is -0.346 e. The summed E-state index contributed by atoms with van der Waals surface area (Å²) in [5.41, 5.74) is 3.96. The molecule has 0 aliphatic heterocycles. The van der Waals surface area contributed by atoms with E-state index in [1.54, 1.807) is 10.9 Å². The van der Waals surface area contributed by atoms with Crippen LogP contribution in [0.5, 0.6) is 0 Å². The van der Waals surface area contributed by atoms with E-state index >= 15 is 0 Å². The minimum atomic E-state index is -0.338. The first-order chi connectivity index (χ1) is 14.4. The number of aromatic amines is 1. The monoisotopic (exact) mass is 424 g/mol. The zero-order valence-corrected chi connectivity index (χ0v) is 17.6. The molecule has 30 heavy (non-hydrogen) atoms. The minimum absolute atomic E-state index is 0.189. The van der Waals surface area contributed by atoms with Crippen molar-refractivity contribution in [2.75, 3.05) is 0 Å². The molecule has 0 atom stereocenters. The van der Waals surface area contributed by atoms with Gasteiger partial charge in [0.1, 0.15) is 11.2 Å².